The second kappa shape index (κ2) is 10.1. The summed E-state index contributed by atoms with van der Waals surface area (Å²) in [7, 11) is 0. The summed E-state index contributed by atoms with van der Waals surface area (Å²) in [5.41, 5.74) is 5.28. The zero-order chi connectivity index (χ0) is 21.5. The van der Waals surface area contributed by atoms with Crippen LogP contribution in [0.25, 0.3) is 0 Å². The number of rotatable bonds is 7. The van der Waals surface area contributed by atoms with Gasteiger partial charge in [0, 0.05) is 10.6 Å². The second-order valence-electron chi connectivity index (χ2n) is 7.44. The van der Waals surface area contributed by atoms with Crippen LogP contribution in [0.3, 0.4) is 0 Å². The van der Waals surface area contributed by atoms with E-state index in [2.05, 4.69) is 48.6 Å². The van der Waals surface area contributed by atoms with Crippen molar-refractivity contribution in [3.05, 3.63) is 137 Å². The molecule has 0 aliphatic rings. The summed E-state index contributed by atoms with van der Waals surface area (Å²) in [6.45, 7) is 2.08. The molecule has 0 unspecified atom stereocenters. The van der Waals surface area contributed by atoms with Gasteiger partial charge in [-0.1, -0.05) is 97.1 Å². The van der Waals surface area contributed by atoms with Crippen LogP contribution in [0.4, 0.5) is 0 Å². The fourth-order valence-corrected chi connectivity index (χ4v) is 4.63. The quantitative estimate of drug-likeness (QED) is 0.331. The van der Waals surface area contributed by atoms with Gasteiger partial charge in [0.1, 0.15) is 0 Å². The molecule has 0 saturated heterocycles. The molecular formula is C28H25NOS. The predicted molar refractivity (Wildman–Crippen MR) is 129 cm³/mol. The standard InChI is InChI=1S/C28H25NOS/c1-21-12-8-9-17-24(21)27(23-15-6-3-7-16-23)29-28(30)25-18-10-11-19-26(25)31-20-22-13-4-2-5-14-22/h2-19,27H,20H2,1H3,(H,29,30)/t27-/m0/s1. The number of amides is 1. The van der Waals surface area contributed by atoms with Crippen LogP contribution in [0.15, 0.2) is 114 Å². The molecule has 0 heterocycles. The highest BCUT2D eigenvalue weighted by atomic mass is 32.2. The normalized spacial score (nSPS) is 11.6. The molecule has 3 heteroatoms. The number of nitrogens with one attached hydrogen (secondary N) is 1. The van der Waals surface area contributed by atoms with Crippen molar-refractivity contribution >= 4 is 17.7 Å². The topological polar surface area (TPSA) is 29.1 Å². The van der Waals surface area contributed by atoms with E-state index in [0.29, 0.717) is 5.56 Å². The van der Waals surface area contributed by atoms with Gasteiger partial charge in [-0.2, -0.15) is 0 Å². The number of hydrogen-bond donors (Lipinski definition) is 1. The summed E-state index contributed by atoms with van der Waals surface area (Å²) >= 11 is 1.69. The molecule has 31 heavy (non-hydrogen) atoms. The minimum atomic E-state index is -0.206. The molecular weight excluding hydrogens is 398 g/mol. The Bertz CT molecular complexity index is 1140. The van der Waals surface area contributed by atoms with Crippen molar-refractivity contribution < 1.29 is 4.79 Å². The molecule has 0 radical (unpaired) electrons. The fourth-order valence-electron chi connectivity index (χ4n) is 3.62. The first-order valence-electron chi connectivity index (χ1n) is 10.4. The molecule has 0 saturated carbocycles. The first kappa shape index (κ1) is 21.0. The molecule has 0 bridgehead atoms. The van der Waals surface area contributed by atoms with E-state index in [9.17, 15) is 4.79 Å². The van der Waals surface area contributed by atoms with E-state index in [1.54, 1.807) is 11.8 Å². The van der Waals surface area contributed by atoms with E-state index < -0.39 is 0 Å². The fraction of sp³-hybridized carbons (Fsp3) is 0.107. The van der Waals surface area contributed by atoms with E-state index in [1.165, 1.54) is 5.56 Å². The van der Waals surface area contributed by atoms with Crippen LogP contribution in [0, 0.1) is 6.92 Å². The molecule has 0 fully saturated rings. The van der Waals surface area contributed by atoms with Gasteiger partial charge in [-0.15, -0.1) is 11.8 Å². The third-order valence-corrected chi connectivity index (χ3v) is 6.42. The lowest BCUT2D eigenvalue weighted by molar-refractivity contribution is 0.0940. The summed E-state index contributed by atoms with van der Waals surface area (Å²) in [6.07, 6.45) is 0. The Morgan fingerprint density at radius 2 is 1.39 bits per heavy atom. The van der Waals surface area contributed by atoms with Crippen LogP contribution in [0.2, 0.25) is 0 Å². The SMILES string of the molecule is Cc1ccccc1[C@@H](NC(=O)c1ccccc1SCc1ccccc1)c1ccccc1. The maximum atomic E-state index is 13.4. The summed E-state index contributed by atoms with van der Waals surface area (Å²) < 4.78 is 0. The van der Waals surface area contributed by atoms with Crippen LogP contribution in [-0.4, -0.2) is 5.91 Å². The van der Waals surface area contributed by atoms with Crippen molar-refractivity contribution in [1.82, 2.24) is 5.32 Å². The molecule has 154 valence electrons. The molecule has 1 atom stereocenters. The van der Waals surface area contributed by atoms with Gasteiger partial charge >= 0.3 is 0 Å². The lowest BCUT2D eigenvalue weighted by Gasteiger charge is -2.22. The minimum absolute atomic E-state index is 0.0618. The van der Waals surface area contributed by atoms with Gasteiger partial charge in [-0.3, -0.25) is 4.79 Å². The second-order valence-corrected chi connectivity index (χ2v) is 8.46. The molecule has 4 aromatic rings. The maximum Gasteiger partial charge on any atom is 0.253 e. The number of carbonyl (C=O) groups is 1. The van der Waals surface area contributed by atoms with Crippen molar-refractivity contribution in [3.63, 3.8) is 0 Å². The van der Waals surface area contributed by atoms with Crippen molar-refractivity contribution in [2.45, 2.75) is 23.6 Å². The van der Waals surface area contributed by atoms with E-state index in [-0.39, 0.29) is 11.9 Å². The Kier molecular flexibility index (Phi) is 6.85. The first-order chi connectivity index (χ1) is 15.2. The molecule has 0 aliphatic heterocycles. The number of benzene rings is 4. The van der Waals surface area contributed by atoms with Crippen molar-refractivity contribution in [2.24, 2.45) is 0 Å². The van der Waals surface area contributed by atoms with Gasteiger partial charge in [0.25, 0.3) is 5.91 Å². The zero-order valence-corrected chi connectivity index (χ0v) is 18.3. The van der Waals surface area contributed by atoms with Crippen LogP contribution in [0.5, 0.6) is 0 Å². The highest BCUT2D eigenvalue weighted by Crippen LogP contribution is 2.29. The molecule has 0 aliphatic carbocycles. The highest BCUT2D eigenvalue weighted by Gasteiger charge is 2.20. The van der Waals surface area contributed by atoms with Gasteiger partial charge in [-0.25, -0.2) is 0 Å². The third-order valence-electron chi connectivity index (χ3n) is 5.28. The van der Waals surface area contributed by atoms with Crippen LogP contribution >= 0.6 is 11.8 Å². The minimum Gasteiger partial charge on any atom is -0.341 e. The van der Waals surface area contributed by atoms with Gasteiger partial charge in [-0.05, 0) is 41.3 Å². The Hall–Kier alpha value is -3.30. The summed E-state index contributed by atoms with van der Waals surface area (Å²) in [4.78, 5) is 14.4. The van der Waals surface area contributed by atoms with E-state index in [4.69, 9.17) is 0 Å². The largest absolute Gasteiger partial charge is 0.341 e. The molecule has 0 spiro atoms. The van der Waals surface area contributed by atoms with E-state index in [1.807, 2.05) is 72.8 Å². The highest BCUT2D eigenvalue weighted by molar-refractivity contribution is 7.98. The number of thioether (sulfide) groups is 1. The molecule has 4 aromatic carbocycles. The molecule has 4 rings (SSSR count). The van der Waals surface area contributed by atoms with E-state index in [0.717, 1.165) is 27.3 Å². The smallest absolute Gasteiger partial charge is 0.253 e. The van der Waals surface area contributed by atoms with Crippen LogP contribution in [0.1, 0.15) is 38.7 Å². The Balaban J connectivity index is 1.60. The van der Waals surface area contributed by atoms with Crippen molar-refractivity contribution in [2.75, 3.05) is 0 Å². The van der Waals surface area contributed by atoms with Crippen molar-refractivity contribution in [3.8, 4) is 0 Å². The Labute approximate surface area is 188 Å². The molecule has 1 N–H and O–H groups in total. The average Bonchev–Trinajstić information content (AvgIpc) is 2.83. The summed E-state index contributed by atoms with van der Waals surface area (Å²) in [5, 5.41) is 3.29. The van der Waals surface area contributed by atoms with Gasteiger partial charge < -0.3 is 5.32 Å². The molecule has 0 aromatic heterocycles. The van der Waals surface area contributed by atoms with Crippen LogP contribution < -0.4 is 5.32 Å². The summed E-state index contributed by atoms with van der Waals surface area (Å²) in [6, 6.07) is 36.3. The van der Waals surface area contributed by atoms with Crippen molar-refractivity contribution in [1.29, 1.82) is 0 Å². The van der Waals surface area contributed by atoms with Gasteiger partial charge in [0.2, 0.25) is 0 Å². The van der Waals surface area contributed by atoms with Gasteiger partial charge in [0.05, 0.1) is 11.6 Å². The molecule has 1 amide bonds. The zero-order valence-electron chi connectivity index (χ0n) is 17.5. The Morgan fingerprint density at radius 3 is 2.13 bits per heavy atom. The lowest BCUT2D eigenvalue weighted by Crippen LogP contribution is -2.30. The number of carbonyl (C=O) groups excluding carboxylic acids is 1. The van der Waals surface area contributed by atoms with Gasteiger partial charge in [0.15, 0.2) is 0 Å². The first-order valence-corrected chi connectivity index (χ1v) is 11.4. The van der Waals surface area contributed by atoms with E-state index >= 15 is 0 Å². The number of hydrogen-bond acceptors (Lipinski definition) is 2. The lowest BCUT2D eigenvalue weighted by atomic mass is 9.94. The predicted octanol–water partition coefficient (Wildman–Crippen LogP) is 6.81. The molecule has 2 nitrogen and oxygen atoms in total. The average molecular weight is 424 g/mol. The third kappa shape index (κ3) is 5.25. The van der Waals surface area contributed by atoms with Crippen LogP contribution in [-0.2, 0) is 5.75 Å². The monoisotopic (exact) mass is 423 g/mol. The maximum absolute atomic E-state index is 13.4. The Morgan fingerprint density at radius 1 is 0.774 bits per heavy atom. The summed E-state index contributed by atoms with van der Waals surface area (Å²) in [5.74, 6) is 0.763. The number of aryl methyl sites for hydroxylation is 1.